The van der Waals surface area contributed by atoms with E-state index in [1.165, 1.54) is 12.8 Å². The maximum atomic E-state index is 12.1. The van der Waals surface area contributed by atoms with Gasteiger partial charge in [0.05, 0.1) is 18.5 Å². The molecule has 5 heteroatoms. The lowest BCUT2D eigenvalue weighted by molar-refractivity contribution is 0.0526. The molecule has 1 aliphatic heterocycles. The fourth-order valence-corrected chi connectivity index (χ4v) is 2.87. The zero-order valence-electron chi connectivity index (χ0n) is 13.0. The predicted molar refractivity (Wildman–Crippen MR) is 84.5 cm³/mol. The van der Waals surface area contributed by atoms with Gasteiger partial charge in [0, 0.05) is 13.1 Å². The molecule has 1 fully saturated rings. The fourth-order valence-electron chi connectivity index (χ4n) is 2.87. The molecule has 0 radical (unpaired) electrons. The number of ether oxygens (including phenoxy) is 1. The summed E-state index contributed by atoms with van der Waals surface area (Å²) < 4.78 is 5.13. The number of nitrogens with zero attached hydrogens (tertiary/aromatic N) is 2. The standard InChI is InChI=1S/C16H25N3O2/c1-3-12-6-5-8-19(9-7-12)15-14(16(20)21-4-2)10-13(17)11-18-15/h10-12H,3-9,17H2,1-2H3. The average Bonchev–Trinajstić information content (AvgIpc) is 2.73. The molecule has 21 heavy (non-hydrogen) atoms. The second kappa shape index (κ2) is 7.29. The highest BCUT2D eigenvalue weighted by atomic mass is 16.5. The summed E-state index contributed by atoms with van der Waals surface area (Å²) in [6.45, 7) is 6.26. The number of hydrogen-bond donors (Lipinski definition) is 1. The van der Waals surface area contributed by atoms with Crippen molar-refractivity contribution in [2.24, 2.45) is 5.92 Å². The molecule has 0 aliphatic carbocycles. The number of nitrogens with two attached hydrogens (primary N) is 1. The summed E-state index contributed by atoms with van der Waals surface area (Å²) in [4.78, 5) is 18.7. The van der Waals surface area contributed by atoms with Crippen LogP contribution in [0.2, 0.25) is 0 Å². The predicted octanol–water partition coefficient (Wildman–Crippen LogP) is 2.86. The topological polar surface area (TPSA) is 68.5 Å². The van der Waals surface area contributed by atoms with E-state index in [1.54, 1.807) is 19.2 Å². The molecule has 0 saturated carbocycles. The number of rotatable bonds is 4. The van der Waals surface area contributed by atoms with Gasteiger partial charge in [0.1, 0.15) is 11.4 Å². The highest BCUT2D eigenvalue weighted by Crippen LogP contribution is 2.26. The molecular formula is C16H25N3O2. The molecule has 1 atom stereocenters. The average molecular weight is 291 g/mol. The Hall–Kier alpha value is -1.78. The van der Waals surface area contributed by atoms with E-state index in [-0.39, 0.29) is 5.97 Å². The van der Waals surface area contributed by atoms with Gasteiger partial charge in [-0.25, -0.2) is 9.78 Å². The Labute approximate surface area is 126 Å². The second-order valence-electron chi connectivity index (χ2n) is 5.55. The smallest absolute Gasteiger partial charge is 0.341 e. The summed E-state index contributed by atoms with van der Waals surface area (Å²) >= 11 is 0. The second-order valence-corrected chi connectivity index (χ2v) is 5.55. The van der Waals surface area contributed by atoms with Gasteiger partial charge in [-0.2, -0.15) is 0 Å². The Balaban J connectivity index is 2.24. The zero-order chi connectivity index (χ0) is 15.2. The van der Waals surface area contributed by atoms with Crippen LogP contribution in [0.25, 0.3) is 0 Å². The first kappa shape index (κ1) is 15.6. The van der Waals surface area contributed by atoms with E-state index in [4.69, 9.17) is 10.5 Å². The Morgan fingerprint density at radius 1 is 1.43 bits per heavy atom. The van der Waals surface area contributed by atoms with Gasteiger partial charge in [-0.15, -0.1) is 0 Å². The monoisotopic (exact) mass is 291 g/mol. The van der Waals surface area contributed by atoms with Gasteiger partial charge < -0.3 is 15.4 Å². The van der Waals surface area contributed by atoms with Crippen LogP contribution < -0.4 is 10.6 Å². The van der Waals surface area contributed by atoms with Crippen molar-refractivity contribution in [2.45, 2.75) is 39.5 Å². The molecule has 1 aliphatic rings. The maximum absolute atomic E-state index is 12.1. The lowest BCUT2D eigenvalue weighted by Gasteiger charge is -2.24. The maximum Gasteiger partial charge on any atom is 0.341 e. The van der Waals surface area contributed by atoms with Crippen LogP contribution in [0.3, 0.4) is 0 Å². The van der Waals surface area contributed by atoms with Crippen LogP contribution in [-0.4, -0.2) is 30.6 Å². The summed E-state index contributed by atoms with van der Waals surface area (Å²) in [6.07, 6.45) is 6.35. The van der Waals surface area contributed by atoms with E-state index < -0.39 is 0 Å². The highest BCUT2D eigenvalue weighted by molar-refractivity contribution is 5.95. The minimum atomic E-state index is -0.344. The third kappa shape index (κ3) is 3.86. The van der Waals surface area contributed by atoms with E-state index >= 15 is 0 Å². The van der Waals surface area contributed by atoms with E-state index in [0.717, 1.165) is 31.8 Å². The summed E-state index contributed by atoms with van der Waals surface area (Å²) in [5.74, 6) is 1.14. The molecule has 2 heterocycles. The van der Waals surface area contributed by atoms with Gasteiger partial charge in [0.15, 0.2) is 0 Å². The molecule has 1 aromatic heterocycles. The number of hydrogen-bond acceptors (Lipinski definition) is 5. The first-order valence-electron chi connectivity index (χ1n) is 7.83. The van der Waals surface area contributed by atoms with Crippen molar-refractivity contribution in [3.8, 4) is 0 Å². The van der Waals surface area contributed by atoms with Crippen molar-refractivity contribution in [2.75, 3.05) is 30.3 Å². The summed E-state index contributed by atoms with van der Waals surface area (Å²) in [5.41, 5.74) is 6.74. The molecule has 0 aromatic carbocycles. The lowest BCUT2D eigenvalue weighted by atomic mass is 9.98. The Kier molecular flexibility index (Phi) is 5.42. The molecule has 5 nitrogen and oxygen atoms in total. The molecule has 1 saturated heterocycles. The third-order valence-electron chi connectivity index (χ3n) is 4.11. The van der Waals surface area contributed by atoms with Crippen LogP contribution >= 0.6 is 0 Å². The molecular weight excluding hydrogens is 266 g/mol. The van der Waals surface area contributed by atoms with Gasteiger partial charge in [-0.1, -0.05) is 13.3 Å². The van der Waals surface area contributed by atoms with Crippen LogP contribution in [0.5, 0.6) is 0 Å². The minimum absolute atomic E-state index is 0.344. The molecule has 0 amide bonds. The normalized spacial score (nSPS) is 19.1. The van der Waals surface area contributed by atoms with Crippen molar-refractivity contribution in [3.05, 3.63) is 17.8 Å². The van der Waals surface area contributed by atoms with Crippen LogP contribution in [-0.2, 0) is 4.74 Å². The number of nitrogen functional groups attached to an aromatic ring is 1. The summed E-state index contributed by atoms with van der Waals surface area (Å²) in [6, 6.07) is 1.67. The number of esters is 1. The van der Waals surface area contributed by atoms with Crippen LogP contribution in [0.1, 0.15) is 49.9 Å². The molecule has 116 valence electrons. The van der Waals surface area contributed by atoms with Gasteiger partial charge in [-0.05, 0) is 38.2 Å². The number of pyridine rings is 1. The van der Waals surface area contributed by atoms with Crippen molar-refractivity contribution in [1.29, 1.82) is 0 Å². The zero-order valence-corrected chi connectivity index (χ0v) is 13.0. The largest absolute Gasteiger partial charge is 0.462 e. The van der Waals surface area contributed by atoms with Crippen LogP contribution in [0, 0.1) is 5.92 Å². The van der Waals surface area contributed by atoms with Gasteiger partial charge in [0.25, 0.3) is 0 Å². The first-order chi connectivity index (χ1) is 10.2. The van der Waals surface area contributed by atoms with Crippen molar-refractivity contribution in [3.63, 3.8) is 0 Å². The third-order valence-corrected chi connectivity index (χ3v) is 4.11. The lowest BCUT2D eigenvalue weighted by Crippen LogP contribution is -2.27. The number of aromatic nitrogens is 1. The van der Waals surface area contributed by atoms with E-state index in [2.05, 4.69) is 16.8 Å². The van der Waals surface area contributed by atoms with Crippen LogP contribution in [0.15, 0.2) is 12.3 Å². The molecule has 1 unspecified atom stereocenters. The number of anilines is 2. The Morgan fingerprint density at radius 3 is 2.95 bits per heavy atom. The van der Waals surface area contributed by atoms with Crippen LogP contribution in [0.4, 0.5) is 11.5 Å². The van der Waals surface area contributed by atoms with Crippen molar-refractivity contribution in [1.82, 2.24) is 4.98 Å². The molecule has 2 rings (SSSR count). The van der Waals surface area contributed by atoms with E-state index in [9.17, 15) is 4.79 Å². The quantitative estimate of drug-likeness (QED) is 0.864. The molecule has 0 spiro atoms. The first-order valence-corrected chi connectivity index (χ1v) is 7.83. The van der Waals surface area contributed by atoms with E-state index in [0.29, 0.717) is 23.7 Å². The fraction of sp³-hybridized carbons (Fsp3) is 0.625. The summed E-state index contributed by atoms with van der Waals surface area (Å²) in [7, 11) is 0. The molecule has 2 N–H and O–H groups in total. The molecule has 0 bridgehead atoms. The van der Waals surface area contributed by atoms with Crippen molar-refractivity contribution >= 4 is 17.5 Å². The van der Waals surface area contributed by atoms with E-state index in [1.807, 2.05) is 0 Å². The molecule has 1 aromatic rings. The highest BCUT2D eigenvalue weighted by Gasteiger charge is 2.22. The number of carbonyl (C=O) groups excluding carboxylic acids is 1. The SMILES string of the molecule is CCOC(=O)c1cc(N)cnc1N1CCCC(CC)CC1. The minimum Gasteiger partial charge on any atom is -0.462 e. The van der Waals surface area contributed by atoms with Crippen molar-refractivity contribution < 1.29 is 9.53 Å². The Bertz CT molecular complexity index is 490. The van der Waals surface area contributed by atoms with Gasteiger partial charge >= 0.3 is 5.97 Å². The Morgan fingerprint density at radius 2 is 2.24 bits per heavy atom. The number of carbonyl (C=O) groups is 1. The van der Waals surface area contributed by atoms with Gasteiger partial charge in [0.2, 0.25) is 0 Å². The summed E-state index contributed by atoms with van der Waals surface area (Å²) in [5, 5.41) is 0. The van der Waals surface area contributed by atoms with Gasteiger partial charge in [-0.3, -0.25) is 0 Å².